The number of rotatable bonds is 4. The number of hydrogen-bond acceptors (Lipinski definition) is 3. The Labute approximate surface area is 123 Å². The van der Waals surface area contributed by atoms with Gasteiger partial charge in [-0.3, -0.25) is 4.72 Å². The number of sulfonamides is 1. The van der Waals surface area contributed by atoms with Gasteiger partial charge in [0.15, 0.2) is 0 Å². The summed E-state index contributed by atoms with van der Waals surface area (Å²) in [5, 5.41) is 9.07. The van der Waals surface area contributed by atoms with Crippen LogP contribution in [0.2, 0.25) is 0 Å². The SMILES string of the molecule is Cc1ccccc1S(=O)(=O)Nc1cccc(C(=O)O)c1C. The van der Waals surface area contributed by atoms with E-state index in [2.05, 4.69) is 4.72 Å². The summed E-state index contributed by atoms with van der Waals surface area (Å²) in [7, 11) is -3.75. The van der Waals surface area contributed by atoms with Crippen molar-refractivity contribution >= 4 is 21.7 Å². The molecule has 0 spiro atoms. The van der Waals surface area contributed by atoms with Crippen molar-refractivity contribution in [1.82, 2.24) is 0 Å². The highest BCUT2D eigenvalue weighted by Crippen LogP contribution is 2.23. The molecule has 0 amide bonds. The highest BCUT2D eigenvalue weighted by Gasteiger charge is 2.19. The van der Waals surface area contributed by atoms with Gasteiger partial charge in [0, 0.05) is 0 Å². The Morgan fingerprint density at radius 3 is 2.33 bits per heavy atom. The Morgan fingerprint density at radius 1 is 1.05 bits per heavy atom. The zero-order valence-electron chi connectivity index (χ0n) is 11.6. The lowest BCUT2D eigenvalue weighted by atomic mass is 10.1. The third-order valence-electron chi connectivity index (χ3n) is 3.19. The quantitative estimate of drug-likeness (QED) is 0.909. The fraction of sp³-hybridized carbons (Fsp3) is 0.133. The monoisotopic (exact) mass is 305 g/mol. The largest absolute Gasteiger partial charge is 0.478 e. The van der Waals surface area contributed by atoms with E-state index >= 15 is 0 Å². The van der Waals surface area contributed by atoms with E-state index < -0.39 is 16.0 Å². The minimum atomic E-state index is -3.75. The molecule has 110 valence electrons. The summed E-state index contributed by atoms with van der Waals surface area (Å²) >= 11 is 0. The molecule has 0 saturated heterocycles. The van der Waals surface area contributed by atoms with Crippen LogP contribution in [-0.2, 0) is 10.0 Å². The number of carbonyl (C=O) groups is 1. The molecule has 2 rings (SSSR count). The van der Waals surface area contributed by atoms with Crippen LogP contribution in [0.3, 0.4) is 0 Å². The fourth-order valence-corrected chi connectivity index (χ4v) is 3.41. The summed E-state index contributed by atoms with van der Waals surface area (Å²) < 4.78 is 27.2. The molecule has 0 aliphatic rings. The first-order chi connectivity index (χ1) is 9.83. The van der Waals surface area contributed by atoms with Crippen LogP contribution >= 0.6 is 0 Å². The molecule has 0 atom stereocenters. The van der Waals surface area contributed by atoms with E-state index in [1.807, 2.05) is 0 Å². The molecule has 0 heterocycles. The van der Waals surface area contributed by atoms with Crippen LogP contribution in [0.15, 0.2) is 47.4 Å². The maximum absolute atomic E-state index is 12.4. The molecule has 0 radical (unpaired) electrons. The molecule has 0 aliphatic carbocycles. The Morgan fingerprint density at radius 2 is 1.71 bits per heavy atom. The van der Waals surface area contributed by atoms with Crippen molar-refractivity contribution in [1.29, 1.82) is 0 Å². The first-order valence-electron chi connectivity index (χ1n) is 6.24. The van der Waals surface area contributed by atoms with Crippen LogP contribution in [0.4, 0.5) is 5.69 Å². The molecule has 6 heteroatoms. The zero-order valence-corrected chi connectivity index (χ0v) is 12.4. The van der Waals surface area contributed by atoms with Gasteiger partial charge in [-0.25, -0.2) is 13.2 Å². The summed E-state index contributed by atoms with van der Waals surface area (Å²) in [4.78, 5) is 11.3. The molecule has 2 N–H and O–H groups in total. The van der Waals surface area contributed by atoms with Gasteiger partial charge in [0.25, 0.3) is 10.0 Å². The predicted molar refractivity (Wildman–Crippen MR) is 80.1 cm³/mol. The van der Waals surface area contributed by atoms with E-state index in [1.54, 1.807) is 32.0 Å². The van der Waals surface area contributed by atoms with Gasteiger partial charge in [-0.15, -0.1) is 0 Å². The number of nitrogens with one attached hydrogen (secondary N) is 1. The maximum Gasteiger partial charge on any atom is 0.336 e. The number of aryl methyl sites for hydroxylation is 1. The van der Waals surface area contributed by atoms with Crippen molar-refractivity contribution in [3.05, 3.63) is 59.2 Å². The first kappa shape index (κ1) is 15.1. The van der Waals surface area contributed by atoms with E-state index in [0.29, 0.717) is 11.1 Å². The Hall–Kier alpha value is -2.34. The summed E-state index contributed by atoms with van der Waals surface area (Å²) in [5.41, 5.74) is 1.33. The molecular weight excluding hydrogens is 290 g/mol. The lowest BCUT2D eigenvalue weighted by molar-refractivity contribution is 0.0696. The number of carboxylic acid groups (broad SMARTS) is 1. The van der Waals surface area contributed by atoms with Crippen LogP contribution in [0, 0.1) is 13.8 Å². The molecule has 0 aliphatic heterocycles. The van der Waals surface area contributed by atoms with Crippen molar-refractivity contribution in [2.75, 3.05) is 4.72 Å². The second-order valence-corrected chi connectivity index (χ2v) is 6.31. The minimum absolute atomic E-state index is 0.0694. The van der Waals surface area contributed by atoms with Crippen LogP contribution in [0.25, 0.3) is 0 Å². The number of benzene rings is 2. The average Bonchev–Trinajstić information content (AvgIpc) is 2.41. The standard InChI is InChI=1S/C15H15NO4S/c1-10-6-3-4-9-14(10)21(19,20)16-13-8-5-7-12(11(13)2)15(17)18/h3-9,16H,1-2H3,(H,17,18). The molecule has 0 aromatic heterocycles. The predicted octanol–water partition coefficient (Wildman–Crippen LogP) is 2.80. The second-order valence-electron chi connectivity index (χ2n) is 4.65. The Kier molecular flexibility index (Phi) is 3.99. The van der Waals surface area contributed by atoms with Gasteiger partial charge >= 0.3 is 5.97 Å². The number of aromatic carboxylic acids is 1. The van der Waals surface area contributed by atoms with Crippen molar-refractivity contribution < 1.29 is 18.3 Å². The normalized spacial score (nSPS) is 11.1. The van der Waals surface area contributed by atoms with Crippen LogP contribution in [-0.4, -0.2) is 19.5 Å². The summed E-state index contributed by atoms with van der Waals surface area (Å²) in [5.74, 6) is -1.09. The van der Waals surface area contributed by atoms with Crippen molar-refractivity contribution in [2.24, 2.45) is 0 Å². The molecule has 0 saturated carbocycles. The molecule has 2 aromatic carbocycles. The lowest BCUT2D eigenvalue weighted by Gasteiger charge is -2.13. The summed E-state index contributed by atoms with van der Waals surface area (Å²) in [6.45, 7) is 3.27. The molecule has 0 unspecified atom stereocenters. The van der Waals surface area contributed by atoms with E-state index in [0.717, 1.165) is 0 Å². The Bertz CT molecular complexity index is 797. The third-order valence-corrected chi connectivity index (χ3v) is 4.72. The van der Waals surface area contributed by atoms with Crippen molar-refractivity contribution in [3.63, 3.8) is 0 Å². The summed E-state index contributed by atoms with van der Waals surface area (Å²) in [6.07, 6.45) is 0. The zero-order chi connectivity index (χ0) is 15.6. The first-order valence-corrected chi connectivity index (χ1v) is 7.72. The highest BCUT2D eigenvalue weighted by atomic mass is 32.2. The van der Waals surface area contributed by atoms with E-state index in [-0.39, 0.29) is 16.1 Å². The third kappa shape index (κ3) is 3.05. The molecule has 0 fully saturated rings. The number of hydrogen-bond donors (Lipinski definition) is 2. The lowest BCUT2D eigenvalue weighted by Crippen LogP contribution is -2.15. The molecular formula is C15H15NO4S. The molecule has 5 nitrogen and oxygen atoms in total. The van der Waals surface area contributed by atoms with Crippen LogP contribution in [0.1, 0.15) is 21.5 Å². The maximum atomic E-state index is 12.4. The van der Waals surface area contributed by atoms with Gasteiger partial charge in [-0.2, -0.15) is 0 Å². The smallest absolute Gasteiger partial charge is 0.336 e. The molecule has 0 bridgehead atoms. The fourth-order valence-electron chi connectivity index (χ4n) is 2.04. The highest BCUT2D eigenvalue weighted by molar-refractivity contribution is 7.92. The summed E-state index contributed by atoms with van der Waals surface area (Å²) in [6, 6.07) is 11.1. The minimum Gasteiger partial charge on any atom is -0.478 e. The number of anilines is 1. The van der Waals surface area contributed by atoms with E-state index in [9.17, 15) is 13.2 Å². The van der Waals surface area contributed by atoms with Gasteiger partial charge < -0.3 is 5.11 Å². The van der Waals surface area contributed by atoms with Crippen molar-refractivity contribution in [3.8, 4) is 0 Å². The van der Waals surface area contributed by atoms with Crippen LogP contribution < -0.4 is 4.72 Å². The van der Waals surface area contributed by atoms with E-state index in [4.69, 9.17) is 5.11 Å². The average molecular weight is 305 g/mol. The van der Waals surface area contributed by atoms with Gasteiger partial charge in [-0.1, -0.05) is 24.3 Å². The van der Waals surface area contributed by atoms with E-state index in [1.165, 1.54) is 24.3 Å². The second kappa shape index (κ2) is 5.57. The van der Waals surface area contributed by atoms with Gasteiger partial charge in [0.05, 0.1) is 16.1 Å². The molecule has 21 heavy (non-hydrogen) atoms. The Balaban J connectivity index is 2.45. The van der Waals surface area contributed by atoms with Gasteiger partial charge in [0.2, 0.25) is 0 Å². The van der Waals surface area contributed by atoms with Gasteiger partial charge in [0.1, 0.15) is 0 Å². The van der Waals surface area contributed by atoms with Crippen LogP contribution in [0.5, 0.6) is 0 Å². The topological polar surface area (TPSA) is 83.5 Å². The van der Waals surface area contributed by atoms with Crippen molar-refractivity contribution in [2.45, 2.75) is 18.7 Å². The number of carboxylic acids is 1. The van der Waals surface area contributed by atoms with Gasteiger partial charge in [-0.05, 0) is 43.2 Å². The molecule has 2 aromatic rings.